The number of hydrogen-bond donors (Lipinski definition) is 2. The third-order valence-electron chi connectivity index (χ3n) is 5.68. The largest absolute Gasteiger partial charge is 0.347 e. The molecule has 0 unspecified atom stereocenters. The van der Waals surface area contributed by atoms with E-state index in [-0.39, 0.29) is 29.0 Å². The van der Waals surface area contributed by atoms with Crippen LogP contribution in [0.1, 0.15) is 40.0 Å². The van der Waals surface area contributed by atoms with Crippen molar-refractivity contribution in [2.45, 2.75) is 56.8 Å². The van der Waals surface area contributed by atoms with Crippen molar-refractivity contribution in [1.29, 1.82) is 0 Å². The number of likely N-dealkylation sites (tertiary alicyclic amines) is 1. The zero-order valence-electron chi connectivity index (χ0n) is 18.2. The van der Waals surface area contributed by atoms with Crippen LogP contribution in [0.2, 0.25) is 0 Å². The molecule has 0 aliphatic carbocycles. The maximum atomic E-state index is 12.9. The molecule has 2 saturated heterocycles. The van der Waals surface area contributed by atoms with Crippen molar-refractivity contribution in [1.82, 2.24) is 9.62 Å². The standard InChI is InChI=1S/C21H31N3O6S/c1-15(2)19(14-20(26)24-10-8-21(9-11-24)29-12-13-30-21)23-31(27,28)18-6-4-17(5-7-18)22-16(3)25/h4-7,15,19,23H,8-14H2,1-3H3,(H,22,25)/t19-/m1/s1. The molecule has 1 aromatic rings. The topological polar surface area (TPSA) is 114 Å². The molecule has 2 heterocycles. The molecule has 1 aromatic carbocycles. The number of piperidine rings is 1. The van der Waals surface area contributed by atoms with Gasteiger partial charge in [0.05, 0.1) is 18.1 Å². The quantitative estimate of drug-likeness (QED) is 0.650. The van der Waals surface area contributed by atoms with Gasteiger partial charge in [0.2, 0.25) is 21.8 Å². The van der Waals surface area contributed by atoms with Crippen LogP contribution in [0.15, 0.2) is 29.2 Å². The lowest BCUT2D eigenvalue weighted by atomic mass is 9.99. The molecule has 172 valence electrons. The highest BCUT2D eigenvalue weighted by Crippen LogP contribution is 2.31. The Morgan fingerprint density at radius 2 is 1.68 bits per heavy atom. The molecule has 3 rings (SSSR count). The van der Waals surface area contributed by atoms with Gasteiger partial charge in [-0.3, -0.25) is 9.59 Å². The van der Waals surface area contributed by atoms with E-state index < -0.39 is 21.9 Å². The van der Waals surface area contributed by atoms with Gasteiger partial charge in [0.1, 0.15) is 0 Å². The number of carbonyl (C=O) groups is 2. The van der Waals surface area contributed by atoms with E-state index in [9.17, 15) is 18.0 Å². The third-order valence-corrected chi connectivity index (χ3v) is 7.19. The van der Waals surface area contributed by atoms with Crippen LogP contribution >= 0.6 is 0 Å². The van der Waals surface area contributed by atoms with Crippen molar-refractivity contribution >= 4 is 27.5 Å². The van der Waals surface area contributed by atoms with Crippen molar-refractivity contribution in [3.63, 3.8) is 0 Å². The Hall–Kier alpha value is -2.01. The van der Waals surface area contributed by atoms with Crippen LogP contribution in [0.5, 0.6) is 0 Å². The van der Waals surface area contributed by atoms with Crippen LogP contribution in [0.4, 0.5) is 5.69 Å². The molecule has 0 saturated carbocycles. The number of amides is 2. The zero-order chi connectivity index (χ0) is 22.6. The number of benzene rings is 1. The molecule has 2 aliphatic rings. The van der Waals surface area contributed by atoms with Crippen molar-refractivity contribution in [3.8, 4) is 0 Å². The van der Waals surface area contributed by atoms with Crippen LogP contribution in [-0.4, -0.2) is 63.3 Å². The smallest absolute Gasteiger partial charge is 0.240 e. The molecule has 31 heavy (non-hydrogen) atoms. The van der Waals surface area contributed by atoms with Gasteiger partial charge in [0.15, 0.2) is 5.79 Å². The van der Waals surface area contributed by atoms with Gasteiger partial charge in [-0.05, 0) is 30.2 Å². The Labute approximate surface area is 183 Å². The molecule has 10 heteroatoms. The first-order valence-corrected chi connectivity index (χ1v) is 12.0. The first-order valence-electron chi connectivity index (χ1n) is 10.6. The summed E-state index contributed by atoms with van der Waals surface area (Å²) in [4.78, 5) is 25.8. The van der Waals surface area contributed by atoms with Crippen molar-refractivity contribution in [2.75, 3.05) is 31.6 Å². The Morgan fingerprint density at radius 3 is 2.19 bits per heavy atom. The summed E-state index contributed by atoms with van der Waals surface area (Å²) in [6, 6.07) is 5.38. The fourth-order valence-corrected chi connectivity index (χ4v) is 5.19. The Bertz CT molecular complexity index is 884. The van der Waals surface area contributed by atoms with Gasteiger partial charge in [-0.25, -0.2) is 13.1 Å². The number of nitrogens with zero attached hydrogens (tertiary/aromatic N) is 1. The predicted octanol–water partition coefficient (Wildman–Crippen LogP) is 1.70. The van der Waals surface area contributed by atoms with Gasteiger partial charge in [0.25, 0.3) is 0 Å². The van der Waals surface area contributed by atoms with Gasteiger partial charge in [-0.1, -0.05) is 13.8 Å². The number of ether oxygens (including phenoxy) is 2. The molecular formula is C21H31N3O6S. The van der Waals surface area contributed by atoms with Crippen molar-refractivity contribution in [2.24, 2.45) is 5.92 Å². The summed E-state index contributed by atoms with van der Waals surface area (Å²) in [5, 5.41) is 2.60. The number of anilines is 1. The lowest BCUT2D eigenvalue weighted by Crippen LogP contribution is -2.49. The summed E-state index contributed by atoms with van der Waals surface area (Å²) >= 11 is 0. The molecule has 2 N–H and O–H groups in total. The molecule has 2 fully saturated rings. The van der Waals surface area contributed by atoms with Crippen LogP contribution < -0.4 is 10.0 Å². The average Bonchev–Trinajstić information content (AvgIpc) is 3.15. The summed E-state index contributed by atoms with van der Waals surface area (Å²) < 4.78 is 39.8. The maximum Gasteiger partial charge on any atom is 0.240 e. The first kappa shape index (κ1) is 23.6. The summed E-state index contributed by atoms with van der Waals surface area (Å²) in [7, 11) is -3.82. The van der Waals surface area contributed by atoms with Crippen molar-refractivity contribution < 1.29 is 27.5 Å². The molecule has 1 atom stereocenters. The minimum atomic E-state index is -3.82. The van der Waals surface area contributed by atoms with E-state index in [1.54, 1.807) is 4.90 Å². The molecule has 2 amide bonds. The molecule has 0 bridgehead atoms. The normalized spacial score (nSPS) is 19.5. The van der Waals surface area contributed by atoms with Gasteiger partial charge < -0.3 is 19.7 Å². The highest BCUT2D eigenvalue weighted by atomic mass is 32.2. The van der Waals surface area contributed by atoms with Crippen LogP contribution in [0.25, 0.3) is 0 Å². The van der Waals surface area contributed by atoms with Crippen LogP contribution in [0.3, 0.4) is 0 Å². The summed E-state index contributed by atoms with van der Waals surface area (Å²) in [6.07, 6.45) is 1.32. The minimum Gasteiger partial charge on any atom is -0.347 e. The monoisotopic (exact) mass is 453 g/mol. The molecule has 2 aliphatic heterocycles. The second-order valence-corrected chi connectivity index (χ2v) is 10.1. The van der Waals surface area contributed by atoms with Crippen LogP contribution in [-0.2, 0) is 29.1 Å². The Balaban J connectivity index is 1.61. The number of nitrogens with one attached hydrogen (secondary N) is 2. The fraction of sp³-hybridized carbons (Fsp3) is 0.619. The lowest BCUT2D eigenvalue weighted by Gasteiger charge is -2.38. The summed E-state index contributed by atoms with van der Waals surface area (Å²) in [5.74, 6) is -0.953. The van der Waals surface area contributed by atoms with Gasteiger partial charge >= 0.3 is 0 Å². The number of hydrogen-bond acceptors (Lipinski definition) is 6. The second-order valence-electron chi connectivity index (χ2n) is 8.37. The van der Waals surface area contributed by atoms with E-state index in [4.69, 9.17) is 9.47 Å². The van der Waals surface area contributed by atoms with E-state index in [1.807, 2.05) is 13.8 Å². The highest BCUT2D eigenvalue weighted by molar-refractivity contribution is 7.89. The second kappa shape index (κ2) is 9.64. The molecule has 0 aromatic heterocycles. The van der Waals surface area contributed by atoms with Crippen molar-refractivity contribution in [3.05, 3.63) is 24.3 Å². The van der Waals surface area contributed by atoms with E-state index in [1.165, 1.54) is 31.2 Å². The molecule has 1 spiro atoms. The third kappa shape index (κ3) is 6.03. The predicted molar refractivity (Wildman–Crippen MR) is 115 cm³/mol. The van der Waals surface area contributed by atoms with Gasteiger partial charge in [0, 0.05) is 51.0 Å². The summed E-state index contributed by atoms with van der Waals surface area (Å²) in [5.41, 5.74) is 0.514. The molecule has 0 radical (unpaired) electrons. The lowest BCUT2D eigenvalue weighted by molar-refractivity contribution is -0.187. The first-order chi connectivity index (χ1) is 14.6. The minimum absolute atomic E-state index is 0.0741. The van der Waals surface area contributed by atoms with E-state index >= 15 is 0 Å². The molecule has 9 nitrogen and oxygen atoms in total. The fourth-order valence-electron chi connectivity index (χ4n) is 3.80. The highest BCUT2D eigenvalue weighted by Gasteiger charge is 2.41. The SMILES string of the molecule is CC(=O)Nc1ccc(S(=O)(=O)N[C@H](CC(=O)N2CCC3(CC2)OCCO3)C(C)C)cc1. The zero-order valence-corrected chi connectivity index (χ0v) is 19.0. The van der Waals surface area contributed by atoms with Gasteiger partial charge in [-0.2, -0.15) is 0 Å². The number of rotatable bonds is 7. The van der Waals surface area contributed by atoms with E-state index in [2.05, 4.69) is 10.0 Å². The van der Waals surface area contributed by atoms with E-state index in [0.717, 1.165) is 0 Å². The average molecular weight is 454 g/mol. The maximum absolute atomic E-state index is 12.9. The number of carbonyl (C=O) groups excluding carboxylic acids is 2. The molecular weight excluding hydrogens is 422 g/mol. The summed E-state index contributed by atoms with van der Waals surface area (Å²) in [6.45, 7) is 7.36. The van der Waals surface area contributed by atoms with Crippen LogP contribution in [0, 0.1) is 5.92 Å². The Morgan fingerprint density at radius 1 is 1.10 bits per heavy atom. The van der Waals surface area contributed by atoms with Gasteiger partial charge in [-0.15, -0.1) is 0 Å². The van der Waals surface area contributed by atoms with E-state index in [0.29, 0.717) is 44.8 Å². The number of sulfonamides is 1. The Kier molecular flexibility index (Phi) is 7.35.